The molecule has 0 aromatic heterocycles. The van der Waals surface area contributed by atoms with Crippen LogP contribution in [0.5, 0.6) is 0 Å². The molecule has 0 spiro atoms. The van der Waals surface area contributed by atoms with Crippen LogP contribution in [-0.4, -0.2) is 21.5 Å². The van der Waals surface area contributed by atoms with Crippen molar-refractivity contribution in [3.8, 4) is 0 Å². The quantitative estimate of drug-likeness (QED) is 0.354. The number of nitro benzene ring substituents is 2. The highest BCUT2D eigenvalue weighted by Gasteiger charge is 2.23. The average molecular weight is 296 g/mol. The van der Waals surface area contributed by atoms with Gasteiger partial charge in [-0.1, -0.05) is 0 Å². The van der Waals surface area contributed by atoms with Gasteiger partial charge in [-0.05, 0) is 19.9 Å². The maximum absolute atomic E-state index is 10.9. The van der Waals surface area contributed by atoms with Crippen LogP contribution in [0, 0.1) is 20.2 Å². The molecule has 0 aliphatic rings. The second-order valence-electron chi connectivity index (χ2n) is 4.43. The van der Waals surface area contributed by atoms with Crippen molar-refractivity contribution < 1.29 is 19.4 Å². The zero-order valence-electron chi connectivity index (χ0n) is 11.5. The fourth-order valence-electron chi connectivity index (χ4n) is 1.40. The lowest BCUT2D eigenvalue weighted by atomic mass is 10.2. The van der Waals surface area contributed by atoms with Gasteiger partial charge in [-0.3, -0.25) is 25.0 Å². The van der Waals surface area contributed by atoms with Crippen molar-refractivity contribution in [1.29, 1.82) is 0 Å². The number of carbonyl (C=O) groups excluding carboxylic acids is 1. The van der Waals surface area contributed by atoms with Crippen molar-refractivity contribution in [1.82, 2.24) is 0 Å². The van der Waals surface area contributed by atoms with Gasteiger partial charge in [0, 0.05) is 13.0 Å². The third-order valence-electron chi connectivity index (χ3n) is 2.16. The summed E-state index contributed by atoms with van der Waals surface area (Å²) < 4.78 is 4.84. The van der Waals surface area contributed by atoms with E-state index in [9.17, 15) is 25.0 Å². The summed E-state index contributed by atoms with van der Waals surface area (Å²) >= 11 is 0. The lowest BCUT2D eigenvalue weighted by Crippen LogP contribution is -2.23. The molecule has 0 saturated carbocycles. The molecule has 10 heteroatoms. The summed E-state index contributed by atoms with van der Waals surface area (Å²) in [5, 5.41) is 28.8. The van der Waals surface area contributed by atoms with E-state index in [1.807, 2.05) is 0 Å². The molecule has 0 unspecified atom stereocenters. The third kappa shape index (κ3) is 4.60. The van der Waals surface area contributed by atoms with Crippen molar-refractivity contribution in [3.05, 3.63) is 38.4 Å². The molecule has 21 heavy (non-hydrogen) atoms. The summed E-state index contributed by atoms with van der Waals surface area (Å²) in [5.41, 5.74) is -2.47. The normalized spacial score (nSPS) is 11.4. The Balaban J connectivity index is 3.16. The minimum absolute atomic E-state index is 0.175. The van der Waals surface area contributed by atoms with Crippen LogP contribution in [0.1, 0.15) is 20.8 Å². The number of carbonyl (C=O) groups is 1. The molecular weight excluding hydrogens is 284 g/mol. The number of esters is 1. The predicted molar refractivity (Wildman–Crippen MR) is 70.1 cm³/mol. The molecule has 0 aliphatic heterocycles. The molecule has 0 saturated heterocycles. The van der Waals surface area contributed by atoms with E-state index >= 15 is 0 Å². The van der Waals surface area contributed by atoms with Gasteiger partial charge in [0.05, 0.1) is 15.9 Å². The van der Waals surface area contributed by atoms with E-state index in [4.69, 9.17) is 4.74 Å². The molecular formula is C11H12N4O6. The molecule has 0 radical (unpaired) electrons. The second-order valence-corrected chi connectivity index (χ2v) is 4.43. The van der Waals surface area contributed by atoms with Crippen molar-refractivity contribution in [2.24, 2.45) is 10.2 Å². The van der Waals surface area contributed by atoms with E-state index in [2.05, 4.69) is 10.2 Å². The summed E-state index contributed by atoms with van der Waals surface area (Å²) in [6.45, 7) is 4.07. The van der Waals surface area contributed by atoms with Crippen LogP contribution >= 0.6 is 0 Å². The number of non-ortho nitro benzene ring substituents is 1. The van der Waals surface area contributed by atoms with Crippen LogP contribution in [0.4, 0.5) is 17.1 Å². The van der Waals surface area contributed by atoms with Gasteiger partial charge in [0.1, 0.15) is 0 Å². The van der Waals surface area contributed by atoms with E-state index in [0.29, 0.717) is 0 Å². The van der Waals surface area contributed by atoms with Gasteiger partial charge in [-0.15, -0.1) is 10.2 Å². The molecule has 0 atom stereocenters. The molecule has 10 nitrogen and oxygen atoms in total. The summed E-state index contributed by atoms with van der Waals surface area (Å²) in [6.07, 6.45) is 0. The maximum atomic E-state index is 10.9. The van der Waals surface area contributed by atoms with Crippen molar-refractivity contribution in [3.63, 3.8) is 0 Å². The molecule has 0 fully saturated rings. The fraction of sp³-hybridized carbons (Fsp3) is 0.364. The van der Waals surface area contributed by atoms with E-state index < -0.39 is 32.9 Å². The van der Waals surface area contributed by atoms with Crippen LogP contribution < -0.4 is 0 Å². The SMILES string of the molecule is CC(=O)OC(C)(C)N=Nc1ccc([N+](=O)[O-])cc1[N+](=O)[O-]. The molecule has 0 bridgehead atoms. The molecule has 0 aliphatic carbocycles. The van der Waals surface area contributed by atoms with Gasteiger partial charge in [0.2, 0.25) is 5.72 Å². The van der Waals surface area contributed by atoms with Crippen LogP contribution in [-0.2, 0) is 9.53 Å². The number of rotatable bonds is 5. The van der Waals surface area contributed by atoms with E-state index in [1.165, 1.54) is 20.8 Å². The Hall–Kier alpha value is -2.91. The van der Waals surface area contributed by atoms with E-state index in [1.54, 1.807) is 0 Å². The first-order valence-corrected chi connectivity index (χ1v) is 5.68. The number of hydrogen-bond acceptors (Lipinski definition) is 8. The van der Waals surface area contributed by atoms with Gasteiger partial charge in [-0.2, -0.15) is 0 Å². The summed E-state index contributed by atoms with van der Waals surface area (Å²) in [6, 6.07) is 2.96. The van der Waals surface area contributed by atoms with E-state index in [0.717, 1.165) is 18.2 Å². The lowest BCUT2D eigenvalue weighted by Gasteiger charge is -2.17. The number of nitrogens with zero attached hydrogens (tertiary/aromatic N) is 4. The summed E-state index contributed by atoms with van der Waals surface area (Å²) in [7, 11) is 0. The minimum Gasteiger partial charge on any atom is -0.436 e. The van der Waals surface area contributed by atoms with Gasteiger partial charge < -0.3 is 4.74 Å². The van der Waals surface area contributed by atoms with Crippen LogP contribution in [0.15, 0.2) is 28.4 Å². The third-order valence-corrected chi connectivity index (χ3v) is 2.16. The fourth-order valence-corrected chi connectivity index (χ4v) is 1.40. The van der Waals surface area contributed by atoms with Gasteiger partial charge in [-0.25, -0.2) is 0 Å². The highest BCUT2D eigenvalue weighted by Crippen LogP contribution is 2.32. The molecule has 112 valence electrons. The first-order chi connectivity index (χ1) is 9.62. The number of nitro groups is 2. The highest BCUT2D eigenvalue weighted by atomic mass is 16.6. The van der Waals surface area contributed by atoms with Crippen molar-refractivity contribution >= 4 is 23.0 Å². The highest BCUT2D eigenvalue weighted by molar-refractivity contribution is 5.66. The lowest BCUT2D eigenvalue weighted by molar-refractivity contribution is -0.393. The van der Waals surface area contributed by atoms with Crippen molar-refractivity contribution in [2.75, 3.05) is 0 Å². The molecule has 1 rings (SSSR count). The van der Waals surface area contributed by atoms with Gasteiger partial charge in [0.25, 0.3) is 5.69 Å². The molecule has 0 heterocycles. The molecule has 0 amide bonds. The zero-order valence-corrected chi connectivity index (χ0v) is 11.5. The standard InChI is InChI=1S/C11H12N4O6/c1-7(16)21-11(2,3)13-12-9-5-4-8(14(17)18)6-10(9)15(19)20/h4-6H,1-3H3. The van der Waals surface area contributed by atoms with Crippen molar-refractivity contribution in [2.45, 2.75) is 26.5 Å². The number of hydrogen-bond donors (Lipinski definition) is 0. The van der Waals surface area contributed by atoms with Gasteiger partial charge >= 0.3 is 11.7 Å². The number of ether oxygens (including phenoxy) is 1. The van der Waals surface area contributed by atoms with E-state index in [-0.39, 0.29) is 5.69 Å². The van der Waals surface area contributed by atoms with Crippen LogP contribution in [0.25, 0.3) is 0 Å². The summed E-state index contributed by atoms with van der Waals surface area (Å²) in [4.78, 5) is 30.8. The Morgan fingerprint density at radius 3 is 2.33 bits per heavy atom. The first kappa shape index (κ1) is 16.1. The monoisotopic (exact) mass is 296 g/mol. The zero-order chi connectivity index (χ0) is 16.2. The Bertz CT molecular complexity index is 625. The number of benzene rings is 1. The van der Waals surface area contributed by atoms with Gasteiger partial charge in [0.15, 0.2) is 5.69 Å². The largest absolute Gasteiger partial charge is 0.436 e. The molecule has 1 aromatic carbocycles. The molecule has 1 aromatic rings. The summed E-state index contributed by atoms with van der Waals surface area (Å²) in [5.74, 6) is -0.586. The Kier molecular flexibility index (Phi) is 4.64. The number of azo groups is 1. The molecule has 0 N–H and O–H groups in total. The Labute approximate surface area is 118 Å². The smallest absolute Gasteiger partial charge is 0.304 e. The maximum Gasteiger partial charge on any atom is 0.304 e. The average Bonchev–Trinajstić information content (AvgIpc) is 2.34. The topological polar surface area (TPSA) is 137 Å². The van der Waals surface area contributed by atoms with Crippen LogP contribution in [0.3, 0.4) is 0 Å². The Morgan fingerprint density at radius 2 is 1.86 bits per heavy atom. The van der Waals surface area contributed by atoms with Crippen LogP contribution in [0.2, 0.25) is 0 Å². The Morgan fingerprint density at radius 1 is 1.24 bits per heavy atom. The minimum atomic E-state index is -1.30. The second kappa shape index (κ2) is 6.03. The predicted octanol–water partition coefficient (Wildman–Crippen LogP) is 2.89. The first-order valence-electron chi connectivity index (χ1n) is 5.68.